The lowest BCUT2D eigenvalue weighted by atomic mass is 10.2. The van der Waals surface area contributed by atoms with Gasteiger partial charge in [-0.25, -0.2) is 17.2 Å². The molecule has 21 heavy (non-hydrogen) atoms. The maximum absolute atomic E-state index is 13.1. The van der Waals surface area contributed by atoms with Gasteiger partial charge in [0.05, 0.1) is 23.4 Å². The van der Waals surface area contributed by atoms with Crippen LogP contribution in [0.4, 0.5) is 14.5 Å². The molecule has 0 aromatic heterocycles. The van der Waals surface area contributed by atoms with Crippen molar-refractivity contribution in [2.75, 3.05) is 12.8 Å². The first-order valence-electron chi connectivity index (χ1n) is 5.93. The molecule has 0 saturated heterocycles. The van der Waals surface area contributed by atoms with Crippen molar-refractivity contribution in [1.82, 2.24) is 0 Å². The number of nitrogens with two attached hydrogens (primary N) is 1. The van der Waals surface area contributed by atoms with E-state index >= 15 is 0 Å². The fourth-order valence-corrected chi connectivity index (χ4v) is 3.33. The Morgan fingerprint density at radius 1 is 1.10 bits per heavy atom. The molecule has 0 bridgehead atoms. The van der Waals surface area contributed by atoms with E-state index in [9.17, 15) is 17.2 Å². The van der Waals surface area contributed by atoms with Crippen molar-refractivity contribution in [3.05, 3.63) is 53.6 Å². The Kier molecular flexibility index (Phi) is 4.13. The molecule has 0 aliphatic rings. The van der Waals surface area contributed by atoms with Gasteiger partial charge >= 0.3 is 0 Å². The van der Waals surface area contributed by atoms with Gasteiger partial charge in [-0.15, -0.1) is 0 Å². The first kappa shape index (κ1) is 15.2. The van der Waals surface area contributed by atoms with E-state index in [1.54, 1.807) is 0 Å². The second kappa shape index (κ2) is 5.69. The van der Waals surface area contributed by atoms with Crippen LogP contribution in [0.2, 0.25) is 0 Å². The first-order valence-corrected chi connectivity index (χ1v) is 7.59. The zero-order valence-corrected chi connectivity index (χ0v) is 12.0. The third kappa shape index (κ3) is 3.30. The van der Waals surface area contributed by atoms with Gasteiger partial charge in [-0.2, -0.15) is 0 Å². The highest BCUT2D eigenvalue weighted by atomic mass is 32.2. The minimum atomic E-state index is -3.80. The number of ether oxygens (including phenoxy) is 1. The van der Waals surface area contributed by atoms with E-state index in [1.807, 2.05) is 0 Å². The standard InChI is InChI=1S/C14H13F2NO3S/c1-20-10-3-5-13(17)14(7-10)21(18,19)8-9-2-4-11(15)12(16)6-9/h2-7H,8,17H2,1H3. The second-order valence-electron chi connectivity index (χ2n) is 4.41. The largest absolute Gasteiger partial charge is 0.497 e. The van der Waals surface area contributed by atoms with E-state index in [4.69, 9.17) is 10.5 Å². The van der Waals surface area contributed by atoms with Crippen LogP contribution in [0.5, 0.6) is 5.75 Å². The molecule has 0 aliphatic heterocycles. The summed E-state index contributed by atoms with van der Waals surface area (Å²) in [5, 5.41) is 0. The van der Waals surface area contributed by atoms with E-state index in [1.165, 1.54) is 31.4 Å². The lowest BCUT2D eigenvalue weighted by Crippen LogP contribution is -2.08. The molecule has 2 aromatic carbocycles. The third-order valence-electron chi connectivity index (χ3n) is 2.90. The maximum Gasteiger partial charge on any atom is 0.184 e. The average molecular weight is 313 g/mol. The van der Waals surface area contributed by atoms with Gasteiger partial charge in [-0.3, -0.25) is 0 Å². The van der Waals surface area contributed by atoms with Crippen LogP contribution in [0.15, 0.2) is 41.3 Å². The van der Waals surface area contributed by atoms with Gasteiger partial charge in [-0.1, -0.05) is 6.07 Å². The first-order chi connectivity index (χ1) is 9.83. The molecule has 0 atom stereocenters. The van der Waals surface area contributed by atoms with Crippen molar-refractivity contribution in [3.63, 3.8) is 0 Å². The fraction of sp³-hybridized carbons (Fsp3) is 0.143. The lowest BCUT2D eigenvalue weighted by Gasteiger charge is -2.09. The predicted octanol–water partition coefficient (Wildman–Crippen LogP) is 2.53. The van der Waals surface area contributed by atoms with Crippen LogP contribution < -0.4 is 10.5 Å². The Labute approximate surface area is 121 Å². The molecular formula is C14H13F2NO3S. The van der Waals surface area contributed by atoms with Gasteiger partial charge in [0.15, 0.2) is 21.5 Å². The Balaban J connectivity index is 2.40. The summed E-state index contributed by atoms with van der Waals surface area (Å²) in [6.45, 7) is 0. The van der Waals surface area contributed by atoms with Crippen LogP contribution in [-0.4, -0.2) is 15.5 Å². The van der Waals surface area contributed by atoms with E-state index in [0.29, 0.717) is 5.75 Å². The van der Waals surface area contributed by atoms with Crippen molar-refractivity contribution in [2.24, 2.45) is 0 Å². The zero-order chi connectivity index (χ0) is 15.6. The minimum absolute atomic E-state index is 0.0679. The van der Waals surface area contributed by atoms with E-state index in [0.717, 1.165) is 12.1 Å². The summed E-state index contributed by atoms with van der Waals surface area (Å²) < 4.78 is 55.6. The summed E-state index contributed by atoms with van der Waals surface area (Å²) >= 11 is 0. The van der Waals surface area contributed by atoms with Crippen molar-refractivity contribution in [2.45, 2.75) is 10.6 Å². The van der Waals surface area contributed by atoms with Crippen LogP contribution in [0.1, 0.15) is 5.56 Å². The van der Waals surface area contributed by atoms with Crippen LogP contribution in [0.3, 0.4) is 0 Å². The van der Waals surface area contributed by atoms with E-state index in [2.05, 4.69) is 0 Å². The number of hydrogen-bond acceptors (Lipinski definition) is 4. The number of halogens is 2. The Hall–Kier alpha value is -2.15. The zero-order valence-electron chi connectivity index (χ0n) is 11.1. The molecule has 4 nitrogen and oxygen atoms in total. The van der Waals surface area contributed by atoms with Crippen LogP contribution >= 0.6 is 0 Å². The number of hydrogen-bond donors (Lipinski definition) is 1. The van der Waals surface area contributed by atoms with Crippen molar-refractivity contribution in [3.8, 4) is 5.75 Å². The molecule has 0 heterocycles. The third-order valence-corrected chi connectivity index (χ3v) is 4.63. The SMILES string of the molecule is COc1ccc(N)c(S(=O)(=O)Cc2ccc(F)c(F)c2)c1. The summed E-state index contributed by atoms with van der Waals surface area (Å²) in [5.74, 6) is -2.27. The van der Waals surface area contributed by atoms with Gasteiger partial charge in [0.2, 0.25) is 0 Å². The molecular weight excluding hydrogens is 300 g/mol. The number of sulfone groups is 1. The van der Waals surface area contributed by atoms with Crippen molar-refractivity contribution >= 4 is 15.5 Å². The maximum atomic E-state index is 13.1. The molecule has 7 heteroatoms. The fourth-order valence-electron chi connectivity index (χ4n) is 1.84. The van der Waals surface area contributed by atoms with Crippen molar-refractivity contribution in [1.29, 1.82) is 0 Å². The van der Waals surface area contributed by atoms with E-state index < -0.39 is 27.2 Å². The van der Waals surface area contributed by atoms with Crippen molar-refractivity contribution < 1.29 is 21.9 Å². The van der Waals surface area contributed by atoms with E-state index in [-0.39, 0.29) is 16.1 Å². The Morgan fingerprint density at radius 3 is 2.43 bits per heavy atom. The molecule has 2 N–H and O–H groups in total. The molecule has 0 amide bonds. The summed E-state index contributed by atoms with van der Waals surface area (Å²) in [4.78, 5) is -0.105. The molecule has 0 saturated carbocycles. The highest BCUT2D eigenvalue weighted by Crippen LogP contribution is 2.27. The van der Waals surface area contributed by atoms with Crippen LogP contribution in [0, 0.1) is 11.6 Å². The number of nitrogen functional groups attached to an aromatic ring is 1. The minimum Gasteiger partial charge on any atom is -0.497 e. The molecule has 0 fully saturated rings. The summed E-state index contributed by atoms with van der Waals surface area (Å²) in [6.07, 6.45) is 0. The summed E-state index contributed by atoms with van der Waals surface area (Å²) in [5.41, 5.74) is 5.87. The normalized spacial score (nSPS) is 11.4. The quantitative estimate of drug-likeness (QED) is 0.881. The number of methoxy groups -OCH3 is 1. The topological polar surface area (TPSA) is 69.4 Å². The Morgan fingerprint density at radius 2 is 1.81 bits per heavy atom. The molecule has 2 aromatic rings. The average Bonchev–Trinajstić information content (AvgIpc) is 2.43. The number of benzene rings is 2. The molecule has 0 unspecified atom stereocenters. The highest BCUT2D eigenvalue weighted by molar-refractivity contribution is 7.90. The number of anilines is 1. The predicted molar refractivity (Wildman–Crippen MR) is 74.7 cm³/mol. The second-order valence-corrected chi connectivity index (χ2v) is 6.37. The smallest absolute Gasteiger partial charge is 0.184 e. The molecule has 2 rings (SSSR count). The molecule has 0 spiro atoms. The summed E-state index contributed by atoms with van der Waals surface area (Å²) in [7, 11) is -2.40. The molecule has 0 aliphatic carbocycles. The van der Waals surface area contributed by atoms with Crippen LogP contribution in [-0.2, 0) is 15.6 Å². The number of rotatable bonds is 4. The molecule has 0 radical (unpaired) electrons. The summed E-state index contributed by atoms with van der Waals surface area (Å²) in [6, 6.07) is 7.19. The van der Waals surface area contributed by atoms with Gasteiger partial charge in [0.1, 0.15) is 5.75 Å². The van der Waals surface area contributed by atoms with Gasteiger partial charge in [0.25, 0.3) is 0 Å². The van der Waals surface area contributed by atoms with Gasteiger partial charge < -0.3 is 10.5 Å². The van der Waals surface area contributed by atoms with Gasteiger partial charge in [-0.05, 0) is 29.8 Å². The highest BCUT2D eigenvalue weighted by Gasteiger charge is 2.20. The monoisotopic (exact) mass is 313 g/mol. The van der Waals surface area contributed by atoms with Crippen LogP contribution in [0.25, 0.3) is 0 Å². The Bertz CT molecular complexity index is 776. The van der Waals surface area contributed by atoms with Gasteiger partial charge in [0, 0.05) is 6.07 Å². The lowest BCUT2D eigenvalue weighted by molar-refractivity contribution is 0.413. The molecule has 112 valence electrons.